The van der Waals surface area contributed by atoms with Crippen molar-refractivity contribution >= 4 is 35.8 Å². The van der Waals surface area contributed by atoms with Gasteiger partial charge in [0.1, 0.15) is 39.6 Å². The van der Waals surface area contributed by atoms with Gasteiger partial charge in [0.25, 0.3) is 0 Å². The van der Waals surface area contributed by atoms with E-state index in [4.69, 9.17) is 33.2 Å². The molecule has 0 saturated carbocycles. The average molecular weight is 759 g/mol. The van der Waals surface area contributed by atoms with E-state index in [9.17, 15) is 28.8 Å². The van der Waals surface area contributed by atoms with Gasteiger partial charge in [-0.2, -0.15) is 0 Å². The Morgan fingerprint density at radius 3 is 0.509 bits per heavy atom. The summed E-state index contributed by atoms with van der Waals surface area (Å²) in [5.41, 5.74) is -8.21. The highest BCUT2D eigenvalue weighted by molar-refractivity contribution is 5.77. The minimum absolute atomic E-state index is 0.325. The maximum Gasteiger partial charge on any atom is 0.311 e. The van der Waals surface area contributed by atoms with Crippen molar-refractivity contribution in [2.45, 2.75) is 125 Å². The summed E-state index contributed by atoms with van der Waals surface area (Å²) in [7, 11) is 0. The second-order valence-corrected chi connectivity index (χ2v) is 20.4. The molecule has 0 aromatic carbocycles. The lowest BCUT2D eigenvalue weighted by atomic mass is 9.89. The highest BCUT2D eigenvalue weighted by Crippen LogP contribution is 2.31. The van der Waals surface area contributed by atoms with Crippen LogP contribution < -0.4 is 0 Å². The summed E-state index contributed by atoms with van der Waals surface area (Å²) in [6.45, 7) is 27.3. The van der Waals surface area contributed by atoms with E-state index in [1.165, 1.54) is 0 Å². The largest absolute Gasteiger partial charge is 0.464 e. The number of ether oxygens (including phenoxy) is 7. The van der Waals surface area contributed by atoms with Crippen LogP contribution in [0.1, 0.15) is 125 Å². The molecule has 0 aliphatic carbocycles. The minimum Gasteiger partial charge on any atom is -0.464 e. The molecule has 0 N–H and O–H groups in total. The second-order valence-electron chi connectivity index (χ2n) is 20.4. The average Bonchev–Trinajstić information content (AvgIpc) is 2.97. The van der Waals surface area contributed by atoms with Crippen LogP contribution in [0.15, 0.2) is 0 Å². The van der Waals surface area contributed by atoms with Crippen LogP contribution in [-0.4, -0.2) is 88.7 Å². The van der Waals surface area contributed by atoms with Crippen molar-refractivity contribution in [1.82, 2.24) is 0 Å². The highest BCUT2D eigenvalue weighted by atomic mass is 16.6. The van der Waals surface area contributed by atoms with E-state index in [0.29, 0.717) is 0 Å². The number of hydrogen-bond acceptors (Lipinski definition) is 13. The molecule has 13 nitrogen and oxygen atoms in total. The van der Waals surface area contributed by atoms with Crippen molar-refractivity contribution in [3.05, 3.63) is 0 Å². The van der Waals surface area contributed by atoms with Crippen LogP contribution in [0.5, 0.6) is 0 Å². The normalized spacial score (nSPS) is 13.5. The molecule has 13 heteroatoms. The van der Waals surface area contributed by atoms with Crippen molar-refractivity contribution in [1.29, 1.82) is 0 Å². The molecule has 0 amide bonds. The van der Waals surface area contributed by atoms with Gasteiger partial charge in [0, 0.05) is 0 Å². The molecule has 0 aliphatic rings. The van der Waals surface area contributed by atoms with Crippen molar-refractivity contribution in [3.63, 3.8) is 0 Å². The third kappa shape index (κ3) is 18.1. The van der Waals surface area contributed by atoms with Crippen LogP contribution in [0.2, 0.25) is 0 Å². The number of carbonyl (C=O) groups excluding carboxylic acids is 6. The summed E-state index contributed by atoms with van der Waals surface area (Å²) in [5, 5.41) is 0. The second kappa shape index (κ2) is 18.4. The van der Waals surface area contributed by atoms with Gasteiger partial charge in [-0.1, -0.05) is 0 Å². The summed E-state index contributed by atoms with van der Waals surface area (Å²) >= 11 is 0. The fourth-order valence-corrected chi connectivity index (χ4v) is 3.59. The van der Waals surface area contributed by atoms with Crippen molar-refractivity contribution < 1.29 is 61.9 Å². The third-order valence-electron chi connectivity index (χ3n) is 7.55. The Kier molecular flexibility index (Phi) is 17.3. The summed E-state index contributed by atoms with van der Waals surface area (Å²) in [5.74, 6) is -3.35. The van der Waals surface area contributed by atoms with E-state index in [2.05, 4.69) is 0 Å². The van der Waals surface area contributed by atoms with Crippen LogP contribution in [0.4, 0.5) is 0 Å². The fraction of sp³-hybridized carbons (Fsp3) is 0.850. The van der Waals surface area contributed by atoms with Crippen molar-refractivity contribution in [3.8, 4) is 0 Å². The van der Waals surface area contributed by atoms with E-state index >= 15 is 0 Å². The molecule has 53 heavy (non-hydrogen) atoms. The lowest BCUT2D eigenvalue weighted by Gasteiger charge is -2.37. The molecule has 0 spiro atoms. The Bertz CT molecular complexity index is 1020. The van der Waals surface area contributed by atoms with Gasteiger partial charge in [0.2, 0.25) is 0 Å². The van der Waals surface area contributed by atoms with Crippen molar-refractivity contribution in [2.24, 2.45) is 43.3 Å². The molecule has 0 aliphatic heterocycles. The maximum absolute atomic E-state index is 13.0. The fourth-order valence-electron chi connectivity index (χ4n) is 3.59. The number of esters is 6. The minimum atomic E-state index is -1.43. The molecule has 308 valence electrons. The van der Waals surface area contributed by atoms with Crippen LogP contribution in [0.3, 0.4) is 0 Å². The third-order valence-corrected chi connectivity index (χ3v) is 7.55. The van der Waals surface area contributed by atoms with Crippen LogP contribution in [0, 0.1) is 43.3 Å². The molecule has 0 heterocycles. The van der Waals surface area contributed by atoms with Crippen molar-refractivity contribution in [2.75, 3.05) is 52.9 Å². The van der Waals surface area contributed by atoms with E-state index in [-0.39, 0.29) is 52.9 Å². The Morgan fingerprint density at radius 1 is 0.264 bits per heavy atom. The maximum atomic E-state index is 13.0. The van der Waals surface area contributed by atoms with Gasteiger partial charge in [-0.05, 0) is 125 Å². The first-order valence-electron chi connectivity index (χ1n) is 18.1. The Hall–Kier alpha value is -3.22. The molecule has 0 fully saturated rings. The van der Waals surface area contributed by atoms with Gasteiger partial charge in [0.05, 0.1) is 56.5 Å². The van der Waals surface area contributed by atoms with Crippen LogP contribution in [-0.2, 0) is 61.9 Å². The predicted molar refractivity (Wildman–Crippen MR) is 198 cm³/mol. The first-order valence-corrected chi connectivity index (χ1v) is 18.1. The molecule has 0 radical (unpaired) electrons. The molecule has 0 rings (SSSR count). The summed E-state index contributed by atoms with van der Waals surface area (Å²) in [4.78, 5) is 78.0. The van der Waals surface area contributed by atoms with Gasteiger partial charge in [-0.25, -0.2) is 0 Å². The van der Waals surface area contributed by atoms with Gasteiger partial charge >= 0.3 is 35.8 Å². The lowest BCUT2D eigenvalue weighted by molar-refractivity contribution is -0.184. The zero-order valence-electron chi connectivity index (χ0n) is 36.0. The van der Waals surface area contributed by atoms with Gasteiger partial charge in [0.15, 0.2) is 0 Å². The summed E-state index contributed by atoms with van der Waals surface area (Å²) in [6.07, 6.45) is 0. The Balaban J connectivity index is 7.13. The smallest absolute Gasteiger partial charge is 0.311 e. The monoisotopic (exact) mass is 758 g/mol. The SMILES string of the molecule is CC(C)(C)C(=O)OCC(COCC(COC(=O)C(C)(C)C)(COC(=O)C(C)(C)C)COC(=O)C(C)(C)C)(COC(=O)C(C)(C)C)COC(=O)C(C)(C)C. The molecular weight excluding hydrogens is 688 g/mol. The summed E-state index contributed by atoms with van der Waals surface area (Å²) in [6, 6.07) is 0. The quantitative estimate of drug-likeness (QED) is 0.124. The Labute approximate surface area is 318 Å². The lowest BCUT2D eigenvalue weighted by Crippen LogP contribution is -2.49. The van der Waals surface area contributed by atoms with E-state index in [1.54, 1.807) is 125 Å². The predicted octanol–water partition coefficient (Wildman–Crippen LogP) is 6.51. The van der Waals surface area contributed by atoms with Gasteiger partial charge in [-0.15, -0.1) is 0 Å². The number of hydrogen-bond donors (Lipinski definition) is 0. The van der Waals surface area contributed by atoms with E-state index in [0.717, 1.165) is 0 Å². The molecule has 0 unspecified atom stereocenters. The zero-order valence-corrected chi connectivity index (χ0v) is 36.0. The number of rotatable bonds is 16. The standard InChI is InChI=1S/C40H70O13/c1-33(2,3)27(41)48-21-39(22-49-28(42)34(4,5)6,23-50-29(43)35(7,8)9)19-47-20-40(24-51-30(44)36(10,11)12,25-52-31(45)37(13,14)15)26-53-32(46)38(16,17)18/h19-26H2,1-18H3. The topological polar surface area (TPSA) is 167 Å². The number of carbonyl (C=O) groups is 6. The van der Waals surface area contributed by atoms with Gasteiger partial charge < -0.3 is 33.2 Å². The van der Waals surface area contributed by atoms with E-state index in [1.807, 2.05) is 0 Å². The first-order chi connectivity index (χ1) is 23.5. The first kappa shape index (κ1) is 49.8. The molecule has 0 atom stereocenters. The summed E-state index contributed by atoms with van der Waals surface area (Å²) < 4.78 is 40.7. The molecule has 0 bridgehead atoms. The highest BCUT2D eigenvalue weighted by Gasteiger charge is 2.44. The Morgan fingerprint density at radius 2 is 0.396 bits per heavy atom. The molecule has 0 saturated heterocycles. The van der Waals surface area contributed by atoms with E-state index < -0.39 is 79.1 Å². The molecule has 0 aromatic rings. The zero-order chi connectivity index (χ0) is 42.1. The molecule has 0 aromatic heterocycles. The van der Waals surface area contributed by atoms with Crippen LogP contribution in [0.25, 0.3) is 0 Å². The molecular formula is C40H70O13. The van der Waals surface area contributed by atoms with Gasteiger partial charge in [-0.3, -0.25) is 28.8 Å². The van der Waals surface area contributed by atoms with Crippen LogP contribution >= 0.6 is 0 Å².